The molecule has 5 heteroatoms. The number of fused-ring (bicyclic) bond motifs is 1. The summed E-state index contributed by atoms with van der Waals surface area (Å²) in [6.07, 6.45) is 6.05. The molecule has 0 radical (unpaired) electrons. The minimum Gasteiger partial charge on any atom is -0.383 e. The highest BCUT2D eigenvalue weighted by Gasteiger charge is 2.35. The molecule has 0 aromatic heterocycles. The van der Waals surface area contributed by atoms with Crippen molar-refractivity contribution in [2.24, 2.45) is 5.92 Å². The van der Waals surface area contributed by atoms with Crippen molar-refractivity contribution in [2.75, 3.05) is 13.1 Å². The predicted molar refractivity (Wildman–Crippen MR) is 93.5 cm³/mol. The average Bonchev–Trinajstić information content (AvgIpc) is 3.44. The number of carbonyl (C=O) groups excluding carboxylic acids is 1. The Morgan fingerprint density at radius 3 is 2.68 bits per heavy atom. The van der Waals surface area contributed by atoms with Crippen LogP contribution in [-0.4, -0.2) is 41.1 Å². The van der Waals surface area contributed by atoms with E-state index in [4.69, 9.17) is 0 Å². The average molecular weight is 346 g/mol. The van der Waals surface area contributed by atoms with Gasteiger partial charge in [-0.1, -0.05) is 6.07 Å². The zero-order valence-corrected chi connectivity index (χ0v) is 14.6. The van der Waals surface area contributed by atoms with E-state index in [0.717, 1.165) is 63.6 Å². The lowest BCUT2D eigenvalue weighted by atomic mass is 9.84. The number of aryl methyl sites for hydroxylation is 1. The van der Waals surface area contributed by atoms with Gasteiger partial charge < -0.3 is 10.4 Å². The van der Waals surface area contributed by atoms with Crippen molar-refractivity contribution in [1.29, 1.82) is 0 Å². The summed E-state index contributed by atoms with van der Waals surface area (Å²) < 4.78 is 13.7. The summed E-state index contributed by atoms with van der Waals surface area (Å²) in [5.74, 6) is -0.329. The highest BCUT2D eigenvalue weighted by Crippen LogP contribution is 2.37. The molecular weight excluding hydrogens is 319 g/mol. The molecule has 0 bridgehead atoms. The molecule has 1 saturated heterocycles. The summed E-state index contributed by atoms with van der Waals surface area (Å²) in [4.78, 5) is 14.5. The molecule has 1 aromatic rings. The molecule has 2 unspecified atom stereocenters. The van der Waals surface area contributed by atoms with E-state index in [-0.39, 0.29) is 29.7 Å². The largest absolute Gasteiger partial charge is 0.383 e. The van der Waals surface area contributed by atoms with Gasteiger partial charge in [-0.25, -0.2) is 4.39 Å². The van der Waals surface area contributed by atoms with Gasteiger partial charge in [0.05, 0.1) is 0 Å². The fraction of sp³-hybridized carbons (Fsp3) is 0.650. The van der Waals surface area contributed by atoms with Gasteiger partial charge in [0.2, 0.25) is 5.91 Å². The number of nitrogens with zero attached hydrogens (tertiary/aromatic N) is 1. The maximum atomic E-state index is 13.7. The molecule has 1 aliphatic heterocycles. The predicted octanol–water partition coefficient (Wildman–Crippen LogP) is 2.55. The smallest absolute Gasteiger partial charge is 0.249 e. The minimum atomic E-state index is -0.890. The van der Waals surface area contributed by atoms with Crippen molar-refractivity contribution in [3.05, 3.63) is 35.1 Å². The standard InChI is InChI=1S/C20H27FN2O2/c21-15-5-4-13-2-1-3-18(17(13)12-15)23-10-8-14(9-11-23)19(24)20(25)22-16-6-7-16/h4-5,12,14,16,18-19,24H,1-3,6-11H2,(H,22,25). The third-order valence-electron chi connectivity index (χ3n) is 6.04. The lowest BCUT2D eigenvalue weighted by molar-refractivity contribution is -0.133. The maximum Gasteiger partial charge on any atom is 0.249 e. The number of hydrogen-bond acceptors (Lipinski definition) is 3. The van der Waals surface area contributed by atoms with Gasteiger partial charge in [-0.3, -0.25) is 9.69 Å². The third kappa shape index (κ3) is 3.72. The van der Waals surface area contributed by atoms with Gasteiger partial charge in [0.15, 0.2) is 0 Å². The molecule has 4 nitrogen and oxygen atoms in total. The zero-order chi connectivity index (χ0) is 17.4. The first-order valence-corrected chi connectivity index (χ1v) is 9.62. The fourth-order valence-electron chi connectivity index (χ4n) is 4.40. The fourth-order valence-corrected chi connectivity index (χ4v) is 4.40. The Bertz CT molecular complexity index is 639. The molecule has 2 atom stereocenters. The molecule has 1 saturated carbocycles. The van der Waals surface area contributed by atoms with Crippen LogP contribution in [0.2, 0.25) is 0 Å². The van der Waals surface area contributed by atoms with E-state index in [1.807, 2.05) is 6.07 Å². The number of benzene rings is 1. The second-order valence-electron chi connectivity index (χ2n) is 7.85. The van der Waals surface area contributed by atoms with Crippen LogP contribution in [0, 0.1) is 11.7 Å². The molecule has 2 aliphatic carbocycles. The van der Waals surface area contributed by atoms with Crippen LogP contribution in [0.4, 0.5) is 4.39 Å². The molecule has 0 spiro atoms. The second-order valence-corrected chi connectivity index (χ2v) is 7.85. The first-order chi connectivity index (χ1) is 12.1. The van der Waals surface area contributed by atoms with Crippen molar-refractivity contribution in [2.45, 2.75) is 63.1 Å². The first kappa shape index (κ1) is 17.0. The number of amides is 1. The topological polar surface area (TPSA) is 52.6 Å². The number of halogens is 1. The van der Waals surface area contributed by atoms with Crippen LogP contribution in [-0.2, 0) is 11.2 Å². The lowest BCUT2D eigenvalue weighted by Crippen LogP contribution is -2.46. The summed E-state index contributed by atoms with van der Waals surface area (Å²) in [6, 6.07) is 5.75. The van der Waals surface area contributed by atoms with E-state index in [1.54, 1.807) is 12.1 Å². The number of hydrogen-bond donors (Lipinski definition) is 2. The lowest BCUT2D eigenvalue weighted by Gasteiger charge is -2.41. The molecule has 3 aliphatic rings. The quantitative estimate of drug-likeness (QED) is 0.881. The maximum absolute atomic E-state index is 13.7. The number of aliphatic hydroxyl groups is 1. The Morgan fingerprint density at radius 1 is 1.20 bits per heavy atom. The van der Waals surface area contributed by atoms with Crippen molar-refractivity contribution in [3.63, 3.8) is 0 Å². The van der Waals surface area contributed by atoms with Gasteiger partial charge in [0.25, 0.3) is 0 Å². The highest BCUT2D eigenvalue weighted by atomic mass is 19.1. The number of likely N-dealkylation sites (tertiary alicyclic amines) is 1. The Labute approximate surface area is 148 Å². The second kappa shape index (κ2) is 7.04. The van der Waals surface area contributed by atoms with Crippen LogP contribution in [0.15, 0.2) is 18.2 Å². The van der Waals surface area contributed by atoms with Crippen LogP contribution in [0.1, 0.15) is 55.7 Å². The van der Waals surface area contributed by atoms with Crippen molar-refractivity contribution in [1.82, 2.24) is 10.2 Å². The summed E-state index contributed by atoms with van der Waals surface area (Å²) in [5.41, 5.74) is 2.40. The van der Waals surface area contributed by atoms with Crippen LogP contribution >= 0.6 is 0 Å². The minimum absolute atomic E-state index is 0.0329. The number of carbonyl (C=O) groups is 1. The van der Waals surface area contributed by atoms with E-state index in [0.29, 0.717) is 0 Å². The molecule has 1 heterocycles. The zero-order valence-electron chi connectivity index (χ0n) is 14.6. The Kier molecular flexibility index (Phi) is 4.78. The normalized spacial score (nSPS) is 26.1. The van der Waals surface area contributed by atoms with Gasteiger partial charge in [0, 0.05) is 12.1 Å². The van der Waals surface area contributed by atoms with Crippen molar-refractivity contribution < 1.29 is 14.3 Å². The van der Waals surface area contributed by atoms with E-state index >= 15 is 0 Å². The van der Waals surface area contributed by atoms with Gasteiger partial charge in [-0.15, -0.1) is 0 Å². The van der Waals surface area contributed by atoms with Gasteiger partial charge in [0.1, 0.15) is 11.9 Å². The molecular formula is C20H27FN2O2. The van der Waals surface area contributed by atoms with Crippen LogP contribution in [0.3, 0.4) is 0 Å². The van der Waals surface area contributed by atoms with E-state index in [1.165, 1.54) is 5.56 Å². The van der Waals surface area contributed by atoms with Crippen LogP contribution in [0.5, 0.6) is 0 Å². The van der Waals surface area contributed by atoms with E-state index in [2.05, 4.69) is 10.2 Å². The first-order valence-electron chi connectivity index (χ1n) is 9.62. The van der Waals surface area contributed by atoms with E-state index in [9.17, 15) is 14.3 Å². The molecule has 25 heavy (non-hydrogen) atoms. The summed E-state index contributed by atoms with van der Waals surface area (Å²) in [6.45, 7) is 1.72. The summed E-state index contributed by atoms with van der Waals surface area (Å²) in [7, 11) is 0. The Balaban J connectivity index is 1.37. The Morgan fingerprint density at radius 2 is 1.96 bits per heavy atom. The number of rotatable bonds is 4. The molecule has 2 fully saturated rings. The monoisotopic (exact) mass is 346 g/mol. The Hall–Kier alpha value is -1.46. The molecule has 136 valence electrons. The molecule has 4 rings (SSSR count). The van der Waals surface area contributed by atoms with Crippen molar-refractivity contribution in [3.8, 4) is 0 Å². The molecule has 1 amide bonds. The van der Waals surface area contributed by atoms with Crippen LogP contribution in [0.25, 0.3) is 0 Å². The number of nitrogens with one attached hydrogen (secondary N) is 1. The highest BCUT2D eigenvalue weighted by molar-refractivity contribution is 5.81. The third-order valence-corrected chi connectivity index (χ3v) is 6.04. The van der Waals surface area contributed by atoms with Crippen LogP contribution < -0.4 is 5.32 Å². The SMILES string of the molecule is O=C(NC1CC1)C(O)C1CCN(C2CCCc3ccc(F)cc32)CC1. The summed E-state index contributed by atoms with van der Waals surface area (Å²) >= 11 is 0. The molecule has 2 N–H and O–H groups in total. The number of piperidine rings is 1. The number of aliphatic hydroxyl groups excluding tert-OH is 1. The summed E-state index contributed by atoms with van der Waals surface area (Å²) in [5, 5.41) is 13.2. The van der Waals surface area contributed by atoms with E-state index < -0.39 is 6.10 Å². The van der Waals surface area contributed by atoms with Gasteiger partial charge >= 0.3 is 0 Å². The van der Waals surface area contributed by atoms with Gasteiger partial charge in [-0.2, -0.15) is 0 Å². The van der Waals surface area contributed by atoms with Gasteiger partial charge in [-0.05, 0) is 87.2 Å². The van der Waals surface area contributed by atoms with Crippen molar-refractivity contribution >= 4 is 5.91 Å². The molecule has 1 aromatic carbocycles.